The van der Waals surface area contributed by atoms with Crippen molar-refractivity contribution >= 4 is 21.6 Å². The average Bonchev–Trinajstić information content (AvgIpc) is 2.80. The topological polar surface area (TPSA) is 59.1 Å². The van der Waals surface area contributed by atoms with Gasteiger partial charge in [-0.3, -0.25) is 0 Å². The molecule has 2 rings (SSSR count). The Balaban J connectivity index is 2.00. The van der Waals surface area contributed by atoms with Crippen LogP contribution in [-0.4, -0.2) is 19.9 Å². The number of sulfonamides is 1. The van der Waals surface area contributed by atoms with Gasteiger partial charge in [0.1, 0.15) is 10.0 Å². The maximum Gasteiger partial charge on any atom is 0.242 e. The summed E-state index contributed by atoms with van der Waals surface area (Å²) in [6.45, 7) is 0.519. The first-order valence-corrected chi connectivity index (χ1v) is 7.55. The maximum absolute atomic E-state index is 11.9. The van der Waals surface area contributed by atoms with Crippen molar-refractivity contribution in [2.75, 3.05) is 6.54 Å². The fraction of sp³-hybridized carbons (Fsp3) is 0.545. The van der Waals surface area contributed by atoms with Gasteiger partial charge in [-0.15, -0.1) is 0 Å². The minimum atomic E-state index is -3.44. The molecule has 0 unspecified atom stereocenters. The Morgan fingerprint density at radius 3 is 2.65 bits per heavy atom. The Morgan fingerprint density at radius 1 is 1.35 bits per heavy atom. The van der Waals surface area contributed by atoms with E-state index in [0.29, 0.717) is 17.6 Å². The molecule has 1 aliphatic carbocycles. The minimum Gasteiger partial charge on any atom is -0.243 e. The SMILES string of the molecule is O=S(=O)(NCC1CCCC1)c1ccc(Cl)nc1. The number of nitrogens with zero attached hydrogens (tertiary/aromatic N) is 1. The predicted molar refractivity (Wildman–Crippen MR) is 66.4 cm³/mol. The Morgan fingerprint density at radius 2 is 2.06 bits per heavy atom. The van der Waals surface area contributed by atoms with E-state index < -0.39 is 10.0 Å². The molecule has 0 radical (unpaired) electrons. The molecule has 0 bridgehead atoms. The van der Waals surface area contributed by atoms with E-state index in [2.05, 4.69) is 9.71 Å². The lowest BCUT2D eigenvalue weighted by molar-refractivity contribution is 0.519. The van der Waals surface area contributed by atoms with Crippen LogP contribution in [0.15, 0.2) is 23.2 Å². The summed E-state index contributed by atoms with van der Waals surface area (Å²) in [6, 6.07) is 2.94. The smallest absolute Gasteiger partial charge is 0.242 e. The Kier molecular flexibility index (Phi) is 4.01. The number of hydrogen-bond donors (Lipinski definition) is 1. The molecule has 94 valence electrons. The van der Waals surface area contributed by atoms with Gasteiger partial charge in [0.05, 0.1) is 0 Å². The number of hydrogen-bond acceptors (Lipinski definition) is 3. The fourth-order valence-corrected chi connectivity index (χ4v) is 3.22. The molecule has 0 amide bonds. The summed E-state index contributed by atoms with van der Waals surface area (Å²) in [4.78, 5) is 3.94. The van der Waals surface area contributed by atoms with Gasteiger partial charge in [-0.1, -0.05) is 24.4 Å². The number of pyridine rings is 1. The molecular formula is C11H15ClN2O2S. The van der Waals surface area contributed by atoms with Gasteiger partial charge < -0.3 is 0 Å². The highest BCUT2D eigenvalue weighted by atomic mass is 35.5. The molecule has 1 aromatic heterocycles. The summed E-state index contributed by atoms with van der Waals surface area (Å²) in [5.41, 5.74) is 0. The standard InChI is InChI=1S/C11H15ClN2O2S/c12-11-6-5-10(8-13-11)17(15,16)14-7-9-3-1-2-4-9/h5-6,8-9,14H,1-4,7H2. The summed E-state index contributed by atoms with van der Waals surface area (Å²) in [5, 5.41) is 0.291. The minimum absolute atomic E-state index is 0.167. The largest absolute Gasteiger partial charge is 0.243 e. The highest BCUT2D eigenvalue weighted by molar-refractivity contribution is 7.89. The second-order valence-electron chi connectivity index (χ2n) is 4.32. The van der Waals surface area contributed by atoms with Crippen molar-refractivity contribution in [2.24, 2.45) is 5.92 Å². The van der Waals surface area contributed by atoms with Crippen LogP contribution in [0, 0.1) is 5.92 Å². The fourth-order valence-electron chi connectivity index (χ4n) is 2.05. The van der Waals surface area contributed by atoms with Gasteiger partial charge in [0.2, 0.25) is 10.0 Å². The van der Waals surface area contributed by atoms with Gasteiger partial charge in [-0.2, -0.15) is 0 Å². The third kappa shape index (κ3) is 3.40. The summed E-state index contributed by atoms with van der Waals surface area (Å²) < 4.78 is 26.4. The van der Waals surface area contributed by atoms with E-state index in [-0.39, 0.29) is 4.90 Å². The first-order chi connectivity index (χ1) is 8.08. The van der Waals surface area contributed by atoms with Gasteiger partial charge in [0.25, 0.3) is 0 Å². The van der Waals surface area contributed by atoms with Crippen LogP contribution in [-0.2, 0) is 10.0 Å². The van der Waals surface area contributed by atoms with Crippen molar-refractivity contribution in [1.82, 2.24) is 9.71 Å². The Labute approximate surface area is 106 Å². The molecule has 1 saturated carbocycles. The molecule has 1 aliphatic rings. The molecule has 1 fully saturated rings. The Hall–Kier alpha value is -0.650. The zero-order chi connectivity index (χ0) is 12.3. The van der Waals surface area contributed by atoms with E-state index in [1.54, 1.807) is 0 Å². The molecule has 0 saturated heterocycles. The molecule has 6 heteroatoms. The quantitative estimate of drug-likeness (QED) is 0.857. The molecule has 0 atom stereocenters. The average molecular weight is 275 g/mol. The molecule has 1 N–H and O–H groups in total. The van der Waals surface area contributed by atoms with Crippen molar-refractivity contribution in [1.29, 1.82) is 0 Å². The number of rotatable bonds is 4. The van der Waals surface area contributed by atoms with Crippen LogP contribution >= 0.6 is 11.6 Å². The molecule has 0 aliphatic heterocycles. The van der Waals surface area contributed by atoms with Crippen LogP contribution in [0.2, 0.25) is 5.15 Å². The van der Waals surface area contributed by atoms with Gasteiger partial charge in [-0.25, -0.2) is 18.1 Å². The van der Waals surface area contributed by atoms with Crippen molar-refractivity contribution in [2.45, 2.75) is 30.6 Å². The summed E-state index contributed by atoms with van der Waals surface area (Å²) in [6.07, 6.45) is 5.91. The molecular weight excluding hydrogens is 260 g/mol. The third-order valence-corrected chi connectivity index (χ3v) is 4.68. The third-order valence-electron chi connectivity index (χ3n) is 3.05. The summed E-state index contributed by atoms with van der Waals surface area (Å²) in [5.74, 6) is 0.477. The maximum atomic E-state index is 11.9. The van der Waals surface area contributed by atoms with E-state index in [9.17, 15) is 8.42 Å². The van der Waals surface area contributed by atoms with Crippen LogP contribution in [0.1, 0.15) is 25.7 Å². The van der Waals surface area contributed by atoms with Crippen LogP contribution in [0.5, 0.6) is 0 Å². The molecule has 4 nitrogen and oxygen atoms in total. The second kappa shape index (κ2) is 5.33. The van der Waals surface area contributed by atoms with E-state index in [4.69, 9.17) is 11.6 Å². The summed E-state index contributed by atoms with van der Waals surface area (Å²) in [7, 11) is -3.44. The van der Waals surface area contributed by atoms with Gasteiger partial charge >= 0.3 is 0 Å². The van der Waals surface area contributed by atoms with E-state index in [1.807, 2.05) is 0 Å². The van der Waals surface area contributed by atoms with Gasteiger partial charge in [-0.05, 0) is 30.9 Å². The molecule has 1 heterocycles. The zero-order valence-electron chi connectivity index (χ0n) is 9.39. The lowest BCUT2D eigenvalue weighted by Crippen LogP contribution is -2.28. The molecule has 17 heavy (non-hydrogen) atoms. The van der Waals surface area contributed by atoms with Crippen LogP contribution in [0.3, 0.4) is 0 Å². The van der Waals surface area contributed by atoms with Gasteiger partial charge in [0.15, 0.2) is 0 Å². The zero-order valence-corrected chi connectivity index (χ0v) is 11.0. The van der Waals surface area contributed by atoms with Crippen molar-refractivity contribution in [3.05, 3.63) is 23.5 Å². The van der Waals surface area contributed by atoms with Crippen molar-refractivity contribution < 1.29 is 8.42 Å². The Bertz CT molecular complexity index is 467. The highest BCUT2D eigenvalue weighted by Gasteiger charge is 2.19. The monoisotopic (exact) mass is 274 g/mol. The first-order valence-electron chi connectivity index (χ1n) is 5.69. The first kappa shape index (κ1) is 12.8. The van der Waals surface area contributed by atoms with Crippen molar-refractivity contribution in [3.63, 3.8) is 0 Å². The molecule has 1 aromatic rings. The number of aromatic nitrogens is 1. The number of nitrogens with one attached hydrogen (secondary N) is 1. The van der Waals surface area contributed by atoms with Gasteiger partial charge in [0, 0.05) is 12.7 Å². The molecule has 0 aromatic carbocycles. The predicted octanol–water partition coefficient (Wildman–Crippen LogP) is 2.20. The van der Waals surface area contributed by atoms with Crippen LogP contribution in [0.4, 0.5) is 0 Å². The highest BCUT2D eigenvalue weighted by Crippen LogP contribution is 2.24. The van der Waals surface area contributed by atoms with E-state index in [1.165, 1.54) is 31.2 Å². The van der Waals surface area contributed by atoms with E-state index >= 15 is 0 Å². The summed E-state index contributed by atoms with van der Waals surface area (Å²) >= 11 is 5.62. The van der Waals surface area contributed by atoms with Crippen molar-refractivity contribution in [3.8, 4) is 0 Å². The molecule has 0 spiro atoms. The van der Waals surface area contributed by atoms with Crippen LogP contribution in [0.25, 0.3) is 0 Å². The van der Waals surface area contributed by atoms with Crippen LogP contribution < -0.4 is 4.72 Å². The number of halogens is 1. The van der Waals surface area contributed by atoms with E-state index in [0.717, 1.165) is 12.8 Å². The normalized spacial score (nSPS) is 17.5. The second-order valence-corrected chi connectivity index (χ2v) is 6.47. The lowest BCUT2D eigenvalue weighted by atomic mass is 10.1. The lowest BCUT2D eigenvalue weighted by Gasteiger charge is -2.10.